The number of nitrogens with one attached hydrogen (secondary N) is 1. The fourth-order valence-electron chi connectivity index (χ4n) is 1.64. The van der Waals surface area contributed by atoms with E-state index in [1.807, 2.05) is 18.2 Å². The van der Waals surface area contributed by atoms with Crippen LogP contribution in [0, 0.1) is 0 Å². The second-order valence-electron chi connectivity index (χ2n) is 4.36. The third kappa shape index (κ3) is 4.72. The quantitative estimate of drug-likeness (QED) is 0.656. The zero-order chi connectivity index (χ0) is 15.1. The number of benzene rings is 1. The van der Waals surface area contributed by atoms with Crippen molar-refractivity contribution in [1.29, 1.82) is 0 Å². The summed E-state index contributed by atoms with van der Waals surface area (Å²) in [6.45, 7) is 1.79. The number of Topliss-reactive ketones (excluding diaryl/α,β-unsaturated/α-hetero) is 1. The van der Waals surface area contributed by atoms with Crippen LogP contribution in [0.15, 0.2) is 53.7 Å². The molecule has 0 spiro atoms. The number of hydrogen-bond acceptors (Lipinski definition) is 4. The summed E-state index contributed by atoms with van der Waals surface area (Å²) in [4.78, 5) is 27.5. The van der Waals surface area contributed by atoms with Crippen molar-refractivity contribution in [2.45, 2.75) is 18.4 Å². The Kier molecular flexibility index (Phi) is 5.51. The molecule has 0 unspecified atom stereocenters. The molecule has 0 bridgehead atoms. The molecule has 0 radical (unpaired) electrons. The minimum absolute atomic E-state index is 0.0408. The maximum atomic E-state index is 12.1. The second kappa shape index (κ2) is 7.59. The van der Waals surface area contributed by atoms with E-state index in [4.69, 9.17) is 0 Å². The monoisotopic (exact) mass is 300 g/mol. The number of thioether (sulfide) groups is 1. The molecule has 1 N–H and O–H groups in total. The lowest BCUT2D eigenvalue weighted by Crippen LogP contribution is -2.09. The Balaban J connectivity index is 1.92. The predicted molar refractivity (Wildman–Crippen MR) is 84.7 cm³/mol. The van der Waals surface area contributed by atoms with Gasteiger partial charge in [0.2, 0.25) is 5.91 Å². The molecule has 108 valence electrons. The summed E-state index contributed by atoms with van der Waals surface area (Å²) < 4.78 is 0. The van der Waals surface area contributed by atoms with Crippen molar-refractivity contribution in [3.63, 3.8) is 0 Å². The first kappa shape index (κ1) is 15.3. The van der Waals surface area contributed by atoms with E-state index in [-0.39, 0.29) is 11.7 Å². The Bertz CT molecular complexity index is 612. The van der Waals surface area contributed by atoms with E-state index in [0.717, 1.165) is 5.03 Å². The van der Waals surface area contributed by atoms with Crippen molar-refractivity contribution in [3.8, 4) is 0 Å². The first-order valence-corrected chi connectivity index (χ1v) is 7.64. The molecule has 1 aromatic carbocycles. The molecule has 0 aliphatic heterocycles. The summed E-state index contributed by atoms with van der Waals surface area (Å²) in [5.41, 5.74) is 1.34. The predicted octanol–water partition coefficient (Wildman–Crippen LogP) is 3.41. The molecule has 0 saturated carbocycles. The molecule has 1 aromatic heterocycles. The van der Waals surface area contributed by atoms with Gasteiger partial charge in [-0.05, 0) is 36.4 Å². The third-order valence-corrected chi connectivity index (χ3v) is 3.74. The zero-order valence-corrected chi connectivity index (χ0v) is 12.5. The van der Waals surface area contributed by atoms with Gasteiger partial charge in [0.25, 0.3) is 0 Å². The lowest BCUT2D eigenvalue weighted by atomic mass is 10.1. The highest BCUT2D eigenvalue weighted by Gasteiger charge is 2.07. The van der Waals surface area contributed by atoms with E-state index in [1.165, 1.54) is 11.8 Å². The summed E-state index contributed by atoms with van der Waals surface area (Å²) in [6.07, 6.45) is 2.14. The second-order valence-corrected chi connectivity index (χ2v) is 5.35. The maximum Gasteiger partial charge on any atom is 0.224 e. The van der Waals surface area contributed by atoms with Crippen LogP contribution in [0.4, 0.5) is 5.69 Å². The van der Waals surface area contributed by atoms with Crippen molar-refractivity contribution in [2.75, 3.05) is 11.1 Å². The van der Waals surface area contributed by atoms with Crippen LogP contribution in [-0.2, 0) is 4.79 Å². The van der Waals surface area contributed by atoms with Crippen molar-refractivity contribution >= 4 is 29.1 Å². The topological polar surface area (TPSA) is 59.1 Å². The lowest BCUT2D eigenvalue weighted by Gasteiger charge is -2.05. The highest BCUT2D eigenvalue weighted by atomic mass is 32.2. The van der Waals surface area contributed by atoms with Gasteiger partial charge >= 0.3 is 0 Å². The number of hydrogen-bond donors (Lipinski definition) is 1. The molecular weight excluding hydrogens is 284 g/mol. The van der Waals surface area contributed by atoms with Crippen molar-refractivity contribution in [3.05, 3.63) is 54.2 Å². The summed E-state index contributed by atoms with van der Waals surface area (Å²) >= 11 is 1.41. The molecule has 5 heteroatoms. The minimum Gasteiger partial charge on any atom is -0.326 e. The molecule has 0 fully saturated rings. The molecule has 2 rings (SSSR count). The van der Waals surface area contributed by atoms with Gasteiger partial charge < -0.3 is 5.32 Å². The van der Waals surface area contributed by atoms with Gasteiger partial charge in [-0.15, -0.1) is 0 Å². The number of pyridine rings is 1. The van der Waals surface area contributed by atoms with Crippen LogP contribution in [0.5, 0.6) is 0 Å². The fraction of sp³-hybridized carbons (Fsp3) is 0.188. The normalized spacial score (nSPS) is 10.1. The Labute approximate surface area is 128 Å². The van der Waals surface area contributed by atoms with Gasteiger partial charge in [0.1, 0.15) is 0 Å². The minimum atomic E-state index is -0.0419. The average molecular weight is 300 g/mol. The molecule has 0 atom stereocenters. The van der Waals surface area contributed by atoms with Crippen molar-refractivity contribution in [2.24, 2.45) is 0 Å². The molecule has 4 nitrogen and oxygen atoms in total. The Morgan fingerprint density at radius 2 is 1.90 bits per heavy atom. The highest BCUT2D eigenvalue weighted by molar-refractivity contribution is 7.99. The number of nitrogens with zero attached hydrogens (tertiary/aromatic N) is 1. The van der Waals surface area contributed by atoms with E-state index < -0.39 is 0 Å². The molecule has 2 aromatic rings. The Morgan fingerprint density at radius 3 is 2.52 bits per heavy atom. The van der Waals surface area contributed by atoms with Crippen LogP contribution in [0.2, 0.25) is 0 Å². The van der Waals surface area contributed by atoms with E-state index in [2.05, 4.69) is 10.3 Å². The van der Waals surface area contributed by atoms with E-state index in [9.17, 15) is 9.59 Å². The van der Waals surface area contributed by atoms with Crippen LogP contribution in [0.1, 0.15) is 23.7 Å². The first-order chi connectivity index (χ1) is 10.2. The SMILES string of the molecule is CCC(=O)Nc1ccc(C(=O)CSc2ccccn2)cc1. The van der Waals surface area contributed by atoms with Crippen LogP contribution < -0.4 is 5.32 Å². The van der Waals surface area contributed by atoms with Crippen LogP contribution in [0.3, 0.4) is 0 Å². The molecule has 0 aliphatic carbocycles. The Hall–Kier alpha value is -2.14. The smallest absolute Gasteiger partial charge is 0.224 e. The summed E-state index contributed by atoms with van der Waals surface area (Å²) in [5.74, 6) is 0.344. The fourth-order valence-corrected chi connectivity index (χ4v) is 2.40. The molecule has 1 amide bonds. The number of ketones is 1. The van der Waals surface area contributed by atoms with Crippen LogP contribution >= 0.6 is 11.8 Å². The zero-order valence-electron chi connectivity index (χ0n) is 11.7. The molecule has 1 heterocycles. The van der Waals surface area contributed by atoms with E-state index in [1.54, 1.807) is 37.4 Å². The van der Waals surface area contributed by atoms with Gasteiger partial charge in [-0.25, -0.2) is 4.98 Å². The third-order valence-electron chi connectivity index (χ3n) is 2.80. The number of carbonyl (C=O) groups excluding carboxylic acids is 2. The number of aromatic nitrogens is 1. The number of anilines is 1. The molecule has 0 aliphatic rings. The van der Waals surface area contributed by atoms with Gasteiger partial charge in [-0.2, -0.15) is 0 Å². The molecule has 21 heavy (non-hydrogen) atoms. The van der Waals surface area contributed by atoms with Gasteiger partial charge in [-0.3, -0.25) is 9.59 Å². The number of amides is 1. The summed E-state index contributed by atoms with van der Waals surface area (Å²) in [6, 6.07) is 12.6. The van der Waals surface area contributed by atoms with E-state index in [0.29, 0.717) is 23.4 Å². The highest BCUT2D eigenvalue weighted by Crippen LogP contribution is 2.17. The lowest BCUT2D eigenvalue weighted by molar-refractivity contribution is -0.115. The maximum absolute atomic E-state index is 12.1. The van der Waals surface area contributed by atoms with Crippen LogP contribution in [-0.4, -0.2) is 22.4 Å². The molecular formula is C16H16N2O2S. The van der Waals surface area contributed by atoms with Gasteiger partial charge in [0.05, 0.1) is 10.8 Å². The summed E-state index contributed by atoms with van der Waals surface area (Å²) in [7, 11) is 0. The number of carbonyl (C=O) groups is 2. The molecule has 0 saturated heterocycles. The van der Waals surface area contributed by atoms with Gasteiger partial charge in [-0.1, -0.05) is 24.8 Å². The standard InChI is InChI=1S/C16H16N2O2S/c1-2-15(20)18-13-8-6-12(7-9-13)14(19)11-21-16-5-3-4-10-17-16/h3-10H,2,11H2,1H3,(H,18,20). The van der Waals surface area contributed by atoms with Gasteiger partial charge in [0.15, 0.2) is 5.78 Å². The average Bonchev–Trinajstić information content (AvgIpc) is 2.54. The van der Waals surface area contributed by atoms with Crippen molar-refractivity contribution in [1.82, 2.24) is 4.98 Å². The largest absolute Gasteiger partial charge is 0.326 e. The van der Waals surface area contributed by atoms with Crippen molar-refractivity contribution < 1.29 is 9.59 Å². The van der Waals surface area contributed by atoms with Crippen LogP contribution in [0.25, 0.3) is 0 Å². The Morgan fingerprint density at radius 1 is 1.14 bits per heavy atom. The summed E-state index contributed by atoms with van der Waals surface area (Å²) in [5, 5.41) is 3.58. The number of rotatable bonds is 6. The first-order valence-electron chi connectivity index (χ1n) is 6.66. The van der Waals surface area contributed by atoms with E-state index >= 15 is 0 Å². The van der Waals surface area contributed by atoms with Gasteiger partial charge in [0, 0.05) is 23.9 Å².